The molecule has 82 valence electrons. The van der Waals surface area contributed by atoms with Gasteiger partial charge in [0.15, 0.2) is 0 Å². The van der Waals surface area contributed by atoms with Gasteiger partial charge in [-0.2, -0.15) is 0 Å². The van der Waals surface area contributed by atoms with Crippen molar-refractivity contribution in [2.24, 2.45) is 11.3 Å². The highest BCUT2D eigenvalue weighted by Crippen LogP contribution is 2.39. The zero-order chi connectivity index (χ0) is 10.8. The summed E-state index contributed by atoms with van der Waals surface area (Å²) in [6.07, 6.45) is 3.35. The number of carboxylic acids is 1. The van der Waals surface area contributed by atoms with E-state index >= 15 is 0 Å². The fourth-order valence-corrected chi connectivity index (χ4v) is 2.15. The van der Waals surface area contributed by atoms with Crippen LogP contribution >= 0.6 is 0 Å². The summed E-state index contributed by atoms with van der Waals surface area (Å²) < 4.78 is 0. The molecule has 1 unspecified atom stereocenters. The van der Waals surface area contributed by atoms with Gasteiger partial charge < -0.3 is 10.2 Å². The quantitative estimate of drug-likeness (QED) is 0.733. The van der Waals surface area contributed by atoms with Gasteiger partial charge in [0.25, 0.3) is 0 Å². The zero-order valence-corrected chi connectivity index (χ0v) is 8.99. The summed E-state index contributed by atoms with van der Waals surface area (Å²) >= 11 is 0. The van der Waals surface area contributed by atoms with E-state index in [1.165, 1.54) is 0 Å². The molecule has 1 saturated carbocycles. The first-order valence-corrected chi connectivity index (χ1v) is 5.30. The van der Waals surface area contributed by atoms with E-state index in [2.05, 4.69) is 13.8 Å². The lowest BCUT2D eigenvalue weighted by Crippen LogP contribution is -2.30. The van der Waals surface area contributed by atoms with Gasteiger partial charge in [-0.25, -0.2) is 0 Å². The van der Waals surface area contributed by atoms with Gasteiger partial charge in [-0.15, -0.1) is 0 Å². The van der Waals surface area contributed by atoms with Gasteiger partial charge in [0, 0.05) is 0 Å². The number of carboxylic acid groups (broad SMARTS) is 1. The molecule has 0 spiro atoms. The maximum absolute atomic E-state index is 10.4. The molecule has 0 saturated heterocycles. The second-order valence-electron chi connectivity index (χ2n) is 5.17. The van der Waals surface area contributed by atoms with Crippen molar-refractivity contribution in [3.8, 4) is 0 Å². The Hall–Kier alpha value is -0.570. The Morgan fingerprint density at radius 3 is 2.36 bits per heavy atom. The van der Waals surface area contributed by atoms with Gasteiger partial charge in [-0.05, 0) is 37.0 Å². The summed E-state index contributed by atoms with van der Waals surface area (Å²) in [6, 6.07) is 0. The van der Waals surface area contributed by atoms with Crippen LogP contribution in [-0.2, 0) is 4.79 Å². The minimum Gasteiger partial charge on any atom is -0.481 e. The summed E-state index contributed by atoms with van der Waals surface area (Å²) in [5.74, 6) is -0.707. The molecule has 2 N–H and O–H groups in total. The van der Waals surface area contributed by atoms with E-state index in [-0.39, 0.29) is 12.3 Å². The summed E-state index contributed by atoms with van der Waals surface area (Å²) in [5, 5.41) is 18.2. The van der Waals surface area contributed by atoms with Crippen LogP contribution < -0.4 is 0 Å². The molecule has 1 rings (SSSR count). The highest BCUT2D eigenvalue weighted by Gasteiger charge is 2.31. The summed E-state index contributed by atoms with van der Waals surface area (Å²) in [5.41, 5.74) is 0.374. The van der Waals surface area contributed by atoms with E-state index in [0.29, 0.717) is 5.41 Å². The molecule has 0 aromatic rings. The molecule has 0 heterocycles. The van der Waals surface area contributed by atoms with Crippen LogP contribution in [0.1, 0.15) is 46.0 Å². The van der Waals surface area contributed by atoms with Crippen LogP contribution in [0.5, 0.6) is 0 Å². The van der Waals surface area contributed by atoms with Crippen molar-refractivity contribution in [2.75, 3.05) is 0 Å². The van der Waals surface area contributed by atoms with Crippen molar-refractivity contribution in [3.05, 3.63) is 0 Å². The Bertz CT molecular complexity index is 201. The van der Waals surface area contributed by atoms with Gasteiger partial charge in [0.1, 0.15) is 0 Å². The number of rotatable bonds is 3. The third-order valence-electron chi connectivity index (χ3n) is 3.31. The van der Waals surface area contributed by atoms with Gasteiger partial charge in [-0.3, -0.25) is 4.79 Å². The van der Waals surface area contributed by atoms with Crippen molar-refractivity contribution in [2.45, 2.75) is 52.1 Å². The normalized spacial score (nSPS) is 24.5. The van der Waals surface area contributed by atoms with Gasteiger partial charge >= 0.3 is 5.97 Å². The molecule has 0 bridgehead atoms. The molecule has 1 fully saturated rings. The Kier molecular flexibility index (Phi) is 3.53. The van der Waals surface area contributed by atoms with Crippen LogP contribution in [0.2, 0.25) is 0 Å². The molecule has 0 radical (unpaired) electrons. The van der Waals surface area contributed by atoms with Gasteiger partial charge in [0.2, 0.25) is 0 Å². The predicted molar refractivity (Wildman–Crippen MR) is 54.0 cm³/mol. The van der Waals surface area contributed by atoms with Crippen molar-refractivity contribution < 1.29 is 15.0 Å². The lowest BCUT2D eigenvalue weighted by atomic mass is 9.71. The maximum Gasteiger partial charge on any atom is 0.305 e. The van der Waals surface area contributed by atoms with E-state index < -0.39 is 12.1 Å². The van der Waals surface area contributed by atoms with Crippen LogP contribution in [0.4, 0.5) is 0 Å². The minimum atomic E-state index is -0.901. The fourth-order valence-electron chi connectivity index (χ4n) is 2.15. The molecule has 3 nitrogen and oxygen atoms in total. The van der Waals surface area contributed by atoms with Gasteiger partial charge in [0.05, 0.1) is 12.5 Å². The SMILES string of the molecule is CC1(C)CCC(C(O)CC(=O)O)CC1. The highest BCUT2D eigenvalue weighted by molar-refractivity contribution is 5.67. The number of hydrogen-bond acceptors (Lipinski definition) is 2. The minimum absolute atomic E-state index is 0.106. The molecule has 0 aliphatic heterocycles. The lowest BCUT2D eigenvalue weighted by Gasteiger charge is -2.36. The first-order valence-electron chi connectivity index (χ1n) is 5.30. The van der Waals surface area contributed by atoms with E-state index in [1.54, 1.807) is 0 Å². The smallest absolute Gasteiger partial charge is 0.305 e. The molecule has 0 amide bonds. The summed E-state index contributed by atoms with van der Waals surface area (Å²) in [4.78, 5) is 10.4. The lowest BCUT2D eigenvalue weighted by molar-refractivity contribution is -0.140. The van der Waals surface area contributed by atoms with Crippen LogP contribution in [0.3, 0.4) is 0 Å². The molecule has 1 aliphatic carbocycles. The number of aliphatic hydroxyl groups is 1. The van der Waals surface area contributed by atoms with E-state index in [9.17, 15) is 9.90 Å². The molecular weight excluding hydrogens is 180 g/mol. The van der Waals surface area contributed by atoms with Crippen molar-refractivity contribution in [3.63, 3.8) is 0 Å². The predicted octanol–water partition coefficient (Wildman–Crippen LogP) is 2.04. The monoisotopic (exact) mass is 200 g/mol. The van der Waals surface area contributed by atoms with Crippen LogP contribution in [-0.4, -0.2) is 22.3 Å². The first-order chi connectivity index (χ1) is 6.41. The second kappa shape index (κ2) is 4.30. The van der Waals surface area contributed by atoms with E-state index in [1.807, 2.05) is 0 Å². The zero-order valence-electron chi connectivity index (χ0n) is 8.99. The Balaban J connectivity index is 2.37. The standard InChI is InChI=1S/C11H20O3/c1-11(2)5-3-8(4-6-11)9(12)7-10(13)14/h8-9,12H,3-7H2,1-2H3,(H,13,14). The molecule has 0 aromatic carbocycles. The average Bonchev–Trinajstić information content (AvgIpc) is 2.02. The highest BCUT2D eigenvalue weighted by atomic mass is 16.4. The fraction of sp³-hybridized carbons (Fsp3) is 0.909. The average molecular weight is 200 g/mol. The third-order valence-corrected chi connectivity index (χ3v) is 3.31. The largest absolute Gasteiger partial charge is 0.481 e. The molecule has 0 aromatic heterocycles. The second-order valence-corrected chi connectivity index (χ2v) is 5.17. The Labute approximate surface area is 85.1 Å². The van der Waals surface area contributed by atoms with Crippen LogP contribution in [0, 0.1) is 11.3 Å². The topological polar surface area (TPSA) is 57.5 Å². The van der Waals surface area contributed by atoms with Crippen LogP contribution in [0.25, 0.3) is 0 Å². The number of aliphatic carboxylic acids is 1. The molecule has 1 aliphatic rings. The molecular formula is C11H20O3. The Morgan fingerprint density at radius 2 is 1.93 bits per heavy atom. The molecule has 1 atom stereocenters. The molecule has 3 heteroatoms. The van der Waals surface area contributed by atoms with Gasteiger partial charge in [-0.1, -0.05) is 13.8 Å². The third kappa shape index (κ3) is 3.29. The first kappa shape index (κ1) is 11.5. The number of carbonyl (C=O) groups is 1. The van der Waals surface area contributed by atoms with E-state index in [0.717, 1.165) is 25.7 Å². The summed E-state index contributed by atoms with van der Waals surface area (Å²) in [6.45, 7) is 4.46. The summed E-state index contributed by atoms with van der Waals surface area (Å²) in [7, 11) is 0. The Morgan fingerprint density at radius 1 is 1.43 bits per heavy atom. The van der Waals surface area contributed by atoms with E-state index in [4.69, 9.17) is 5.11 Å². The maximum atomic E-state index is 10.4. The van der Waals surface area contributed by atoms with Crippen molar-refractivity contribution in [1.29, 1.82) is 0 Å². The van der Waals surface area contributed by atoms with Crippen molar-refractivity contribution >= 4 is 5.97 Å². The molecule has 14 heavy (non-hydrogen) atoms. The van der Waals surface area contributed by atoms with Crippen LogP contribution in [0.15, 0.2) is 0 Å². The number of aliphatic hydroxyl groups excluding tert-OH is 1. The number of hydrogen-bond donors (Lipinski definition) is 2. The van der Waals surface area contributed by atoms with Crippen molar-refractivity contribution in [1.82, 2.24) is 0 Å².